The molecule has 0 saturated heterocycles. The topological polar surface area (TPSA) is 109 Å². The summed E-state index contributed by atoms with van der Waals surface area (Å²) in [5.41, 5.74) is 1.79. The van der Waals surface area contributed by atoms with Gasteiger partial charge in [-0.05, 0) is 49.2 Å². The Kier molecular flexibility index (Phi) is 3.71. The van der Waals surface area contributed by atoms with E-state index in [-0.39, 0.29) is 38.0 Å². The van der Waals surface area contributed by atoms with Crippen molar-refractivity contribution in [3.8, 4) is 0 Å². The van der Waals surface area contributed by atoms with Crippen LogP contribution >= 0.6 is 0 Å². The first-order valence-corrected chi connectivity index (χ1v) is 10.6. The normalized spacial score (nSPS) is 12.4. The summed E-state index contributed by atoms with van der Waals surface area (Å²) in [6, 6.07) is 12.8. The molecule has 5 rings (SSSR count). The van der Waals surface area contributed by atoms with E-state index in [4.69, 9.17) is 0 Å². The number of rotatable bonds is 1. The fraction of sp³-hybridized carbons (Fsp3) is 0.0909. The van der Waals surface area contributed by atoms with Gasteiger partial charge in [0.2, 0.25) is 0 Å². The second kappa shape index (κ2) is 6.01. The number of nitrogens with zero attached hydrogens (tertiary/aromatic N) is 1. The number of nitrogens with one attached hydrogen (secondary N) is 1. The van der Waals surface area contributed by atoms with E-state index in [1.165, 1.54) is 18.2 Å². The summed E-state index contributed by atoms with van der Waals surface area (Å²) < 4.78 is 35.3. The van der Waals surface area contributed by atoms with Crippen LogP contribution in [0.5, 0.6) is 0 Å². The lowest BCUT2D eigenvalue weighted by atomic mass is 10.00. The predicted octanol–water partition coefficient (Wildman–Crippen LogP) is 3.42. The smallest absolute Gasteiger partial charge is 0.354 e. The maximum absolute atomic E-state index is 13.3. The monoisotopic (exact) mass is 420 g/mol. The molecule has 0 radical (unpaired) electrons. The number of aromatic nitrogens is 2. The third-order valence-electron chi connectivity index (χ3n) is 5.61. The fourth-order valence-corrected chi connectivity index (χ4v) is 5.04. The van der Waals surface area contributed by atoms with Gasteiger partial charge in [-0.25, -0.2) is 3.97 Å². The minimum Gasteiger partial charge on any atom is -0.354 e. The maximum atomic E-state index is 13.3. The second-order valence-corrected chi connectivity index (χ2v) is 8.62. The Morgan fingerprint density at radius 1 is 0.833 bits per heavy atom. The van der Waals surface area contributed by atoms with E-state index in [9.17, 15) is 22.6 Å². The number of aromatic amines is 1. The highest BCUT2D eigenvalue weighted by atomic mass is 32.2. The number of aryl methyl sites for hydroxylation is 2. The molecule has 0 fully saturated rings. The first-order chi connectivity index (χ1) is 14.2. The van der Waals surface area contributed by atoms with Crippen molar-refractivity contribution in [1.29, 1.82) is 0 Å². The molecule has 7 nitrogen and oxygen atoms in total. The zero-order chi connectivity index (χ0) is 21.4. The first kappa shape index (κ1) is 18.5. The van der Waals surface area contributed by atoms with Gasteiger partial charge in [0.25, 0.3) is 0 Å². The molecule has 8 heteroatoms. The summed E-state index contributed by atoms with van der Waals surface area (Å²) >= 11 is 0. The Morgan fingerprint density at radius 3 is 2.27 bits per heavy atom. The number of hydrogen-bond acceptors (Lipinski definition) is 4. The van der Waals surface area contributed by atoms with Crippen LogP contribution in [0.15, 0.2) is 58.1 Å². The van der Waals surface area contributed by atoms with E-state index in [1.54, 1.807) is 31.2 Å². The summed E-state index contributed by atoms with van der Waals surface area (Å²) in [7, 11) is -4.75. The SMILES string of the molecule is Cc1cccc2c(=O)c3cc4c(c(C)c3[nH]c12)c(=O)c1ccccc1n4S(=O)(=O)O. The van der Waals surface area contributed by atoms with Gasteiger partial charge in [-0.2, -0.15) is 8.42 Å². The molecular formula is C22H16N2O5S. The molecule has 0 aliphatic carbocycles. The number of hydrogen-bond donors (Lipinski definition) is 2. The molecule has 30 heavy (non-hydrogen) atoms. The van der Waals surface area contributed by atoms with Crippen LogP contribution < -0.4 is 10.9 Å². The molecule has 0 aliphatic heterocycles. The minimum atomic E-state index is -4.75. The molecule has 0 saturated carbocycles. The summed E-state index contributed by atoms with van der Waals surface area (Å²) in [4.78, 5) is 29.7. The van der Waals surface area contributed by atoms with Crippen molar-refractivity contribution < 1.29 is 13.0 Å². The number of para-hydroxylation sites is 2. The van der Waals surface area contributed by atoms with Crippen LogP contribution in [-0.2, 0) is 10.3 Å². The van der Waals surface area contributed by atoms with E-state index in [0.717, 1.165) is 5.56 Å². The molecule has 0 bridgehead atoms. The van der Waals surface area contributed by atoms with Gasteiger partial charge >= 0.3 is 10.3 Å². The van der Waals surface area contributed by atoms with Crippen LogP contribution in [0.2, 0.25) is 0 Å². The Balaban J connectivity index is 2.19. The van der Waals surface area contributed by atoms with Gasteiger partial charge in [-0.15, -0.1) is 0 Å². The van der Waals surface area contributed by atoms with Gasteiger partial charge < -0.3 is 4.98 Å². The van der Waals surface area contributed by atoms with Gasteiger partial charge in [-0.3, -0.25) is 14.1 Å². The van der Waals surface area contributed by atoms with Crippen molar-refractivity contribution >= 4 is 53.9 Å². The van der Waals surface area contributed by atoms with Gasteiger partial charge in [0.05, 0.1) is 27.5 Å². The Morgan fingerprint density at radius 2 is 1.53 bits per heavy atom. The standard InChI is InChI=1S/C22H16N2O5S/c1-11-6-5-8-14-19(11)23-20-12(2)18-17(10-15(20)21(14)25)24(30(27,28)29)16-9-4-3-7-13(16)22(18)26/h3-10H,1-2H3,(H,23,25)(H,27,28,29). The van der Waals surface area contributed by atoms with Crippen LogP contribution in [0.1, 0.15) is 11.1 Å². The van der Waals surface area contributed by atoms with Crippen molar-refractivity contribution in [3.05, 3.63) is 80.1 Å². The fourth-order valence-electron chi connectivity index (χ4n) is 4.24. The third-order valence-corrected chi connectivity index (χ3v) is 6.47. The summed E-state index contributed by atoms with van der Waals surface area (Å²) in [6.07, 6.45) is 0. The highest BCUT2D eigenvalue weighted by Crippen LogP contribution is 2.29. The zero-order valence-corrected chi connectivity index (χ0v) is 16.9. The largest absolute Gasteiger partial charge is 0.364 e. The molecule has 0 amide bonds. The molecular weight excluding hydrogens is 404 g/mol. The van der Waals surface area contributed by atoms with Gasteiger partial charge in [0.1, 0.15) is 0 Å². The van der Waals surface area contributed by atoms with Crippen LogP contribution in [0, 0.1) is 13.8 Å². The highest BCUT2D eigenvalue weighted by molar-refractivity contribution is 7.84. The van der Waals surface area contributed by atoms with Crippen LogP contribution in [-0.4, -0.2) is 21.9 Å². The number of benzene rings is 3. The highest BCUT2D eigenvalue weighted by Gasteiger charge is 2.22. The Labute approximate surface area is 170 Å². The van der Waals surface area contributed by atoms with Crippen molar-refractivity contribution in [3.63, 3.8) is 0 Å². The number of H-pyrrole nitrogens is 1. The lowest BCUT2D eigenvalue weighted by molar-refractivity contribution is 0.476. The lowest BCUT2D eigenvalue weighted by Gasteiger charge is -2.15. The van der Waals surface area contributed by atoms with E-state index in [0.29, 0.717) is 26.0 Å². The van der Waals surface area contributed by atoms with Crippen molar-refractivity contribution in [2.45, 2.75) is 13.8 Å². The van der Waals surface area contributed by atoms with Crippen molar-refractivity contribution in [1.82, 2.24) is 8.96 Å². The number of pyridine rings is 2. The Bertz CT molecular complexity index is 1780. The minimum absolute atomic E-state index is 0.0382. The first-order valence-electron chi connectivity index (χ1n) is 9.20. The van der Waals surface area contributed by atoms with Crippen molar-refractivity contribution in [2.24, 2.45) is 0 Å². The average molecular weight is 420 g/mol. The second-order valence-electron chi connectivity index (χ2n) is 7.36. The van der Waals surface area contributed by atoms with Gasteiger partial charge in [0.15, 0.2) is 10.9 Å². The van der Waals surface area contributed by atoms with Gasteiger partial charge in [0, 0.05) is 16.2 Å². The maximum Gasteiger partial charge on any atom is 0.364 e. The summed E-state index contributed by atoms with van der Waals surface area (Å²) in [5, 5.41) is 0.986. The van der Waals surface area contributed by atoms with E-state index in [2.05, 4.69) is 4.98 Å². The Hall–Kier alpha value is -3.49. The van der Waals surface area contributed by atoms with E-state index < -0.39 is 10.3 Å². The summed E-state index contributed by atoms with van der Waals surface area (Å²) in [6.45, 7) is 3.54. The lowest BCUT2D eigenvalue weighted by Crippen LogP contribution is -2.19. The van der Waals surface area contributed by atoms with Crippen LogP contribution in [0.3, 0.4) is 0 Å². The average Bonchev–Trinajstić information content (AvgIpc) is 2.69. The molecule has 0 spiro atoms. The molecule has 0 atom stereocenters. The van der Waals surface area contributed by atoms with Crippen LogP contribution in [0.4, 0.5) is 0 Å². The third kappa shape index (κ3) is 2.38. The molecule has 5 aromatic rings. The van der Waals surface area contributed by atoms with E-state index >= 15 is 0 Å². The molecule has 150 valence electrons. The predicted molar refractivity (Wildman–Crippen MR) is 118 cm³/mol. The van der Waals surface area contributed by atoms with Crippen molar-refractivity contribution in [2.75, 3.05) is 0 Å². The molecule has 2 heterocycles. The van der Waals surface area contributed by atoms with Gasteiger partial charge in [-0.1, -0.05) is 24.3 Å². The zero-order valence-electron chi connectivity index (χ0n) is 16.1. The quantitative estimate of drug-likeness (QED) is 0.319. The number of fused-ring (bicyclic) bond motifs is 4. The molecule has 0 aliphatic rings. The molecule has 3 aromatic carbocycles. The van der Waals surface area contributed by atoms with Crippen LogP contribution in [0.25, 0.3) is 43.6 Å². The molecule has 2 aromatic heterocycles. The molecule has 2 N–H and O–H groups in total. The summed E-state index contributed by atoms with van der Waals surface area (Å²) in [5.74, 6) is 0. The van der Waals surface area contributed by atoms with E-state index in [1.807, 2.05) is 13.0 Å². The molecule has 0 unspecified atom stereocenters.